The molecule has 1 fully saturated rings. The molecule has 0 spiro atoms. The first-order chi connectivity index (χ1) is 7.71. The van der Waals surface area contributed by atoms with E-state index in [-0.39, 0.29) is 5.92 Å². The Bertz CT molecular complexity index is 402. The fourth-order valence-electron chi connectivity index (χ4n) is 2.39. The summed E-state index contributed by atoms with van der Waals surface area (Å²) >= 11 is 0. The summed E-state index contributed by atoms with van der Waals surface area (Å²) in [5, 5.41) is 9.38. The lowest BCUT2D eigenvalue weighted by atomic mass is 9.93. The number of pyridine rings is 1. The molecule has 1 heterocycles. The topological polar surface area (TPSA) is 50.2 Å². The summed E-state index contributed by atoms with van der Waals surface area (Å²) in [7, 11) is 0. The molecule has 3 heteroatoms. The maximum atomic E-state index is 11.4. The van der Waals surface area contributed by atoms with Gasteiger partial charge in [-0.1, -0.05) is 6.08 Å². The molecular formula is C13H15NO2. The molecule has 2 atom stereocenters. The second kappa shape index (κ2) is 4.08. The zero-order valence-corrected chi connectivity index (χ0v) is 9.10. The minimum atomic E-state index is -0.715. The Morgan fingerprint density at radius 1 is 1.62 bits per heavy atom. The monoisotopic (exact) mass is 217 g/mol. The molecule has 1 N–H and O–H groups in total. The van der Waals surface area contributed by atoms with E-state index in [9.17, 15) is 9.90 Å². The van der Waals surface area contributed by atoms with Crippen molar-refractivity contribution in [3.8, 4) is 0 Å². The van der Waals surface area contributed by atoms with Gasteiger partial charge in [0.15, 0.2) is 0 Å². The van der Waals surface area contributed by atoms with Crippen LogP contribution in [0.15, 0.2) is 37.2 Å². The van der Waals surface area contributed by atoms with Gasteiger partial charge in [0.2, 0.25) is 0 Å². The van der Waals surface area contributed by atoms with Crippen LogP contribution in [0.3, 0.4) is 0 Å². The maximum Gasteiger partial charge on any atom is 0.314 e. The minimum absolute atomic E-state index is 0.241. The SMILES string of the molecule is C=CCCC1CC1(C(=O)O)c1ccncc1. The molecule has 1 saturated carbocycles. The summed E-state index contributed by atoms with van der Waals surface area (Å²) in [5.74, 6) is -0.474. The van der Waals surface area contributed by atoms with Crippen molar-refractivity contribution >= 4 is 5.97 Å². The van der Waals surface area contributed by atoms with Gasteiger partial charge in [-0.05, 0) is 42.9 Å². The summed E-state index contributed by atoms with van der Waals surface area (Å²) in [6.45, 7) is 3.67. The molecule has 2 rings (SSSR count). The standard InChI is InChI=1S/C13H15NO2/c1-2-3-4-11-9-13(11,12(15)16)10-5-7-14-8-6-10/h2,5-8,11H,1,3-4,9H2,(H,15,16). The van der Waals surface area contributed by atoms with Crippen LogP contribution in [0, 0.1) is 5.92 Å². The molecule has 1 aliphatic rings. The molecule has 0 saturated heterocycles. The number of aliphatic carboxylic acids is 1. The van der Waals surface area contributed by atoms with Crippen LogP contribution in [0.1, 0.15) is 24.8 Å². The molecule has 1 aromatic rings. The third-order valence-electron chi connectivity index (χ3n) is 3.40. The molecule has 0 bridgehead atoms. The van der Waals surface area contributed by atoms with E-state index in [0.29, 0.717) is 0 Å². The Balaban J connectivity index is 2.21. The number of nitrogens with zero attached hydrogens (tertiary/aromatic N) is 1. The average Bonchev–Trinajstić information content (AvgIpc) is 3.03. The first-order valence-corrected chi connectivity index (χ1v) is 5.46. The van der Waals surface area contributed by atoms with Gasteiger partial charge in [0.25, 0.3) is 0 Å². The molecule has 2 unspecified atom stereocenters. The smallest absolute Gasteiger partial charge is 0.314 e. The highest BCUT2D eigenvalue weighted by Crippen LogP contribution is 2.56. The van der Waals surface area contributed by atoms with Crippen molar-refractivity contribution in [3.63, 3.8) is 0 Å². The van der Waals surface area contributed by atoms with Crippen LogP contribution >= 0.6 is 0 Å². The van der Waals surface area contributed by atoms with Gasteiger partial charge in [-0.25, -0.2) is 0 Å². The molecule has 16 heavy (non-hydrogen) atoms. The number of aromatic nitrogens is 1. The molecule has 1 aromatic heterocycles. The van der Waals surface area contributed by atoms with E-state index in [1.165, 1.54) is 0 Å². The highest BCUT2D eigenvalue weighted by Gasteiger charge is 2.60. The summed E-state index contributed by atoms with van der Waals surface area (Å²) < 4.78 is 0. The highest BCUT2D eigenvalue weighted by atomic mass is 16.4. The molecular weight excluding hydrogens is 202 g/mol. The predicted octanol–water partition coefficient (Wildman–Crippen LogP) is 2.39. The number of carbonyl (C=O) groups is 1. The fourth-order valence-corrected chi connectivity index (χ4v) is 2.39. The third-order valence-corrected chi connectivity index (χ3v) is 3.40. The van der Waals surface area contributed by atoms with Crippen LogP contribution < -0.4 is 0 Å². The Hall–Kier alpha value is -1.64. The number of carboxylic acid groups (broad SMARTS) is 1. The van der Waals surface area contributed by atoms with Crippen molar-refractivity contribution in [3.05, 3.63) is 42.7 Å². The normalized spacial score (nSPS) is 27.4. The van der Waals surface area contributed by atoms with Crippen molar-refractivity contribution in [1.29, 1.82) is 0 Å². The fraction of sp³-hybridized carbons (Fsp3) is 0.385. The number of rotatable bonds is 5. The Morgan fingerprint density at radius 3 is 2.88 bits per heavy atom. The van der Waals surface area contributed by atoms with Crippen LogP contribution in [-0.4, -0.2) is 16.1 Å². The zero-order chi connectivity index (χ0) is 11.6. The number of hydrogen-bond donors (Lipinski definition) is 1. The summed E-state index contributed by atoms with van der Waals surface area (Å²) in [5.41, 5.74) is 0.218. The van der Waals surface area contributed by atoms with Gasteiger partial charge in [-0.2, -0.15) is 0 Å². The average molecular weight is 217 g/mol. The quantitative estimate of drug-likeness (QED) is 0.770. The second-order valence-corrected chi connectivity index (χ2v) is 4.28. The van der Waals surface area contributed by atoms with Gasteiger partial charge in [-0.15, -0.1) is 6.58 Å². The van der Waals surface area contributed by atoms with Crippen LogP contribution in [-0.2, 0) is 10.2 Å². The van der Waals surface area contributed by atoms with E-state index in [1.54, 1.807) is 12.4 Å². The van der Waals surface area contributed by atoms with E-state index < -0.39 is 11.4 Å². The van der Waals surface area contributed by atoms with Gasteiger partial charge >= 0.3 is 5.97 Å². The maximum absolute atomic E-state index is 11.4. The van der Waals surface area contributed by atoms with Gasteiger partial charge in [-0.3, -0.25) is 9.78 Å². The molecule has 3 nitrogen and oxygen atoms in total. The van der Waals surface area contributed by atoms with Gasteiger partial charge < -0.3 is 5.11 Å². The second-order valence-electron chi connectivity index (χ2n) is 4.28. The lowest BCUT2D eigenvalue weighted by Gasteiger charge is -2.12. The van der Waals surface area contributed by atoms with Crippen molar-refractivity contribution in [1.82, 2.24) is 4.98 Å². The van der Waals surface area contributed by atoms with Crippen molar-refractivity contribution in [2.75, 3.05) is 0 Å². The molecule has 0 aliphatic heterocycles. The lowest BCUT2D eigenvalue weighted by molar-refractivity contribution is -0.140. The Morgan fingerprint density at radius 2 is 2.31 bits per heavy atom. The Kier molecular flexibility index (Phi) is 2.77. The van der Waals surface area contributed by atoms with Crippen molar-refractivity contribution in [2.24, 2.45) is 5.92 Å². The summed E-state index contributed by atoms with van der Waals surface area (Å²) in [4.78, 5) is 15.3. The molecule has 0 radical (unpaired) electrons. The summed E-state index contributed by atoms with van der Waals surface area (Å²) in [6, 6.07) is 3.62. The van der Waals surface area contributed by atoms with Gasteiger partial charge in [0, 0.05) is 12.4 Å². The first-order valence-electron chi connectivity index (χ1n) is 5.46. The molecule has 1 aliphatic carbocycles. The van der Waals surface area contributed by atoms with Gasteiger partial charge in [0.05, 0.1) is 5.41 Å². The highest BCUT2D eigenvalue weighted by molar-refractivity contribution is 5.85. The van der Waals surface area contributed by atoms with Gasteiger partial charge in [0.1, 0.15) is 0 Å². The van der Waals surface area contributed by atoms with E-state index in [0.717, 1.165) is 24.8 Å². The number of allylic oxidation sites excluding steroid dienone is 1. The van der Waals surface area contributed by atoms with Crippen molar-refractivity contribution < 1.29 is 9.90 Å². The lowest BCUT2D eigenvalue weighted by Crippen LogP contribution is -2.22. The summed E-state index contributed by atoms with van der Waals surface area (Å²) in [6.07, 6.45) is 7.67. The molecule has 0 aromatic carbocycles. The van der Waals surface area contributed by atoms with E-state index in [1.807, 2.05) is 18.2 Å². The number of hydrogen-bond acceptors (Lipinski definition) is 2. The van der Waals surface area contributed by atoms with E-state index in [2.05, 4.69) is 11.6 Å². The Labute approximate surface area is 94.8 Å². The third kappa shape index (κ3) is 1.62. The first kappa shape index (κ1) is 10.9. The van der Waals surface area contributed by atoms with Crippen LogP contribution in [0.4, 0.5) is 0 Å². The zero-order valence-electron chi connectivity index (χ0n) is 9.10. The predicted molar refractivity (Wildman–Crippen MR) is 61.1 cm³/mol. The van der Waals surface area contributed by atoms with E-state index in [4.69, 9.17) is 0 Å². The number of carboxylic acids is 1. The van der Waals surface area contributed by atoms with Crippen molar-refractivity contribution in [2.45, 2.75) is 24.7 Å². The van der Waals surface area contributed by atoms with Crippen LogP contribution in [0.25, 0.3) is 0 Å². The molecule has 84 valence electrons. The van der Waals surface area contributed by atoms with E-state index >= 15 is 0 Å². The molecule has 0 amide bonds. The largest absolute Gasteiger partial charge is 0.481 e. The van der Waals surface area contributed by atoms with Crippen LogP contribution in [0.2, 0.25) is 0 Å². The minimum Gasteiger partial charge on any atom is -0.481 e. The van der Waals surface area contributed by atoms with Crippen LogP contribution in [0.5, 0.6) is 0 Å².